The summed E-state index contributed by atoms with van der Waals surface area (Å²) in [6.45, 7) is -0.0735. The Morgan fingerprint density at radius 1 is 1.06 bits per heavy atom. The second kappa shape index (κ2) is 8.74. The van der Waals surface area contributed by atoms with E-state index in [4.69, 9.17) is 5.11 Å². The predicted octanol–water partition coefficient (Wildman–Crippen LogP) is 3.02. The minimum atomic E-state index is -1.07. The first kappa shape index (κ1) is 21.6. The highest BCUT2D eigenvalue weighted by Gasteiger charge is 2.45. The zero-order valence-corrected chi connectivity index (χ0v) is 16.0. The van der Waals surface area contributed by atoms with Crippen LogP contribution in [0.4, 0.5) is 10.1 Å². The number of ketones is 1. The molecule has 0 unspecified atom stereocenters. The van der Waals surface area contributed by atoms with Crippen molar-refractivity contribution < 1.29 is 33.9 Å². The van der Waals surface area contributed by atoms with E-state index >= 15 is 0 Å². The largest absolute Gasteiger partial charge is 0.507 e. The van der Waals surface area contributed by atoms with Crippen LogP contribution in [0.3, 0.4) is 0 Å². The third-order valence-corrected chi connectivity index (χ3v) is 4.87. The normalized spacial score (nSPS) is 17.7. The summed E-state index contributed by atoms with van der Waals surface area (Å²) in [5, 5.41) is 30.5. The molecule has 1 atom stereocenters. The molecule has 0 saturated carbocycles. The number of Topliss-reactive ketones (excluding diaryl/α,β-unsaturated/α-hetero) is 1. The predicted molar refractivity (Wildman–Crippen MR) is 105 cm³/mol. The topological polar surface area (TPSA) is 138 Å². The van der Waals surface area contributed by atoms with Crippen LogP contribution in [0.25, 0.3) is 5.76 Å². The lowest BCUT2D eigenvalue weighted by molar-refractivity contribution is -0.384. The number of non-ortho nitro benzene ring substituents is 1. The number of aliphatic carboxylic acids is 1. The summed E-state index contributed by atoms with van der Waals surface area (Å²) in [5.74, 6) is -4.06. The van der Waals surface area contributed by atoms with Crippen LogP contribution in [0.15, 0.2) is 54.1 Å². The van der Waals surface area contributed by atoms with Gasteiger partial charge >= 0.3 is 5.97 Å². The van der Waals surface area contributed by atoms with Crippen LogP contribution in [0.1, 0.15) is 30.0 Å². The fourth-order valence-electron chi connectivity index (χ4n) is 3.40. The molecule has 0 radical (unpaired) electrons. The van der Waals surface area contributed by atoms with E-state index in [-0.39, 0.29) is 36.2 Å². The van der Waals surface area contributed by atoms with E-state index in [1.54, 1.807) is 0 Å². The van der Waals surface area contributed by atoms with Crippen LogP contribution in [0.2, 0.25) is 0 Å². The Bertz CT molecular complexity index is 1080. The van der Waals surface area contributed by atoms with Gasteiger partial charge in [0.05, 0.1) is 16.5 Å². The number of halogens is 1. The first-order valence-electron chi connectivity index (χ1n) is 9.21. The molecule has 2 N–H and O–H groups in total. The summed E-state index contributed by atoms with van der Waals surface area (Å²) < 4.78 is 13.4. The maximum absolute atomic E-state index is 13.4. The Balaban J connectivity index is 2.08. The summed E-state index contributed by atoms with van der Waals surface area (Å²) in [6.07, 6.45) is -0.168. The van der Waals surface area contributed by atoms with Crippen molar-refractivity contribution in [3.8, 4) is 0 Å². The second-order valence-corrected chi connectivity index (χ2v) is 6.85. The molecular weight excluding hydrogens is 411 g/mol. The molecule has 1 saturated heterocycles. The zero-order valence-electron chi connectivity index (χ0n) is 16.0. The molecule has 1 aliphatic rings. The van der Waals surface area contributed by atoms with E-state index in [1.165, 1.54) is 24.3 Å². The van der Waals surface area contributed by atoms with Gasteiger partial charge in [0.2, 0.25) is 0 Å². The van der Waals surface area contributed by atoms with Crippen LogP contribution in [-0.2, 0) is 14.4 Å². The Kier molecular flexibility index (Phi) is 6.10. The number of hydrogen-bond donors (Lipinski definition) is 2. The van der Waals surface area contributed by atoms with Crippen molar-refractivity contribution >= 4 is 29.1 Å². The average molecular weight is 428 g/mol. The van der Waals surface area contributed by atoms with Crippen LogP contribution < -0.4 is 0 Å². The molecule has 2 aromatic carbocycles. The SMILES string of the molecule is O=C(O)CCCN1C(=O)C(=O)C(=C(O)c2ccc([N+](=O)[O-])cc2)[C@@H]1c1ccc(F)cc1. The molecule has 1 heterocycles. The molecule has 160 valence electrons. The van der Waals surface area contributed by atoms with Crippen LogP contribution in [-0.4, -0.2) is 44.2 Å². The van der Waals surface area contributed by atoms with Gasteiger partial charge in [-0.15, -0.1) is 0 Å². The summed E-state index contributed by atoms with van der Waals surface area (Å²) in [7, 11) is 0. The zero-order chi connectivity index (χ0) is 22.7. The monoisotopic (exact) mass is 428 g/mol. The van der Waals surface area contributed by atoms with Gasteiger partial charge in [-0.1, -0.05) is 12.1 Å². The van der Waals surface area contributed by atoms with Crippen molar-refractivity contribution in [1.82, 2.24) is 4.90 Å². The number of hydrogen-bond acceptors (Lipinski definition) is 6. The molecule has 2 aromatic rings. The quantitative estimate of drug-likeness (QED) is 0.227. The number of aliphatic hydroxyl groups excluding tert-OH is 1. The number of carbonyl (C=O) groups excluding carboxylic acids is 2. The number of rotatable bonds is 7. The van der Waals surface area contributed by atoms with E-state index in [0.29, 0.717) is 5.56 Å². The highest BCUT2D eigenvalue weighted by Crippen LogP contribution is 2.39. The number of amides is 1. The molecule has 1 fully saturated rings. The lowest BCUT2D eigenvalue weighted by atomic mass is 9.95. The summed E-state index contributed by atoms with van der Waals surface area (Å²) in [6, 6.07) is 8.70. The Morgan fingerprint density at radius 2 is 1.68 bits per heavy atom. The van der Waals surface area contributed by atoms with E-state index in [1.807, 2.05) is 0 Å². The van der Waals surface area contributed by atoms with Gasteiger partial charge in [-0.3, -0.25) is 24.5 Å². The highest BCUT2D eigenvalue weighted by molar-refractivity contribution is 6.46. The molecule has 1 aliphatic heterocycles. The molecule has 0 bridgehead atoms. The fraction of sp³-hybridized carbons (Fsp3) is 0.190. The van der Waals surface area contributed by atoms with Crippen LogP contribution >= 0.6 is 0 Å². The Labute approximate surface area is 175 Å². The molecule has 10 heteroatoms. The first-order chi connectivity index (χ1) is 14.7. The molecule has 1 amide bonds. The molecule has 0 aliphatic carbocycles. The summed E-state index contributed by atoms with van der Waals surface area (Å²) in [5.41, 5.74) is -0.0535. The average Bonchev–Trinajstić information content (AvgIpc) is 2.98. The van der Waals surface area contributed by atoms with E-state index in [0.717, 1.165) is 29.2 Å². The van der Waals surface area contributed by atoms with Gasteiger partial charge in [0.1, 0.15) is 11.6 Å². The van der Waals surface area contributed by atoms with Gasteiger partial charge in [0.15, 0.2) is 0 Å². The molecule has 31 heavy (non-hydrogen) atoms. The Hall–Kier alpha value is -4.08. The molecule has 0 spiro atoms. The van der Waals surface area contributed by atoms with Crippen LogP contribution in [0.5, 0.6) is 0 Å². The van der Waals surface area contributed by atoms with Crippen molar-refractivity contribution in [3.05, 3.63) is 81.2 Å². The van der Waals surface area contributed by atoms with E-state index in [2.05, 4.69) is 0 Å². The standard InChI is InChI=1S/C21H17FN2O7/c22-14-7-3-12(4-8-14)18-17(19(27)13-5-9-15(10-6-13)24(30)31)20(28)21(29)23(18)11-1-2-16(25)26/h3-10,18,27H,1-2,11H2,(H,25,26)/t18-/m0/s1. The van der Waals surface area contributed by atoms with Crippen molar-refractivity contribution in [3.63, 3.8) is 0 Å². The third-order valence-electron chi connectivity index (χ3n) is 4.87. The van der Waals surface area contributed by atoms with E-state index < -0.39 is 40.2 Å². The fourth-order valence-corrected chi connectivity index (χ4v) is 3.40. The van der Waals surface area contributed by atoms with Crippen molar-refractivity contribution in [1.29, 1.82) is 0 Å². The Morgan fingerprint density at radius 3 is 2.23 bits per heavy atom. The number of carbonyl (C=O) groups is 3. The number of nitro benzene ring substituents is 1. The smallest absolute Gasteiger partial charge is 0.303 e. The summed E-state index contributed by atoms with van der Waals surface area (Å²) in [4.78, 5) is 47.6. The van der Waals surface area contributed by atoms with Crippen molar-refractivity contribution in [2.45, 2.75) is 18.9 Å². The lowest BCUT2D eigenvalue weighted by Gasteiger charge is -2.25. The second-order valence-electron chi connectivity index (χ2n) is 6.85. The van der Waals surface area contributed by atoms with Crippen molar-refractivity contribution in [2.24, 2.45) is 0 Å². The van der Waals surface area contributed by atoms with E-state index in [9.17, 15) is 34.0 Å². The lowest BCUT2D eigenvalue weighted by Crippen LogP contribution is -2.31. The number of nitro groups is 1. The van der Waals surface area contributed by atoms with Gasteiger partial charge in [0, 0.05) is 30.7 Å². The molecule has 9 nitrogen and oxygen atoms in total. The van der Waals surface area contributed by atoms with Gasteiger partial charge < -0.3 is 15.1 Å². The van der Waals surface area contributed by atoms with Gasteiger partial charge in [-0.2, -0.15) is 0 Å². The van der Waals surface area contributed by atoms with Gasteiger partial charge in [-0.25, -0.2) is 4.39 Å². The summed E-state index contributed by atoms with van der Waals surface area (Å²) >= 11 is 0. The third kappa shape index (κ3) is 4.42. The maximum Gasteiger partial charge on any atom is 0.303 e. The number of carboxylic acids is 1. The van der Waals surface area contributed by atoms with Crippen molar-refractivity contribution in [2.75, 3.05) is 6.54 Å². The number of nitrogens with zero attached hydrogens (tertiary/aromatic N) is 2. The number of aliphatic hydroxyl groups is 1. The number of carboxylic acid groups (broad SMARTS) is 1. The maximum atomic E-state index is 13.4. The first-order valence-corrected chi connectivity index (χ1v) is 9.21. The van der Waals surface area contributed by atoms with Crippen LogP contribution in [0, 0.1) is 15.9 Å². The molecule has 3 rings (SSSR count). The number of likely N-dealkylation sites (tertiary alicyclic amines) is 1. The highest BCUT2D eigenvalue weighted by atomic mass is 19.1. The van der Waals surface area contributed by atoms with Gasteiger partial charge in [-0.05, 0) is 36.2 Å². The molecule has 0 aromatic heterocycles. The minimum Gasteiger partial charge on any atom is -0.507 e. The van der Waals surface area contributed by atoms with Gasteiger partial charge in [0.25, 0.3) is 17.4 Å². The minimum absolute atomic E-state index is 0.0671. The number of benzene rings is 2. The molecular formula is C21H17FN2O7.